The van der Waals surface area contributed by atoms with Crippen molar-refractivity contribution in [3.63, 3.8) is 0 Å². The Balaban J connectivity index is 0.000000285. The third-order valence-corrected chi connectivity index (χ3v) is 1.89. The molecule has 0 aromatic carbocycles. The van der Waals surface area contributed by atoms with Crippen LogP contribution in [0, 0.1) is 20.8 Å². The fourth-order valence-corrected chi connectivity index (χ4v) is 0.865. The van der Waals surface area contributed by atoms with E-state index in [0.717, 1.165) is 5.82 Å². The van der Waals surface area contributed by atoms with E-state index >= 15 is 0 Å². The summed E-state index contributed by atoms with van der Waals surface area (Å²) in [6, 6.07) is 0. The van der Waals surface area contributed by atoms with Crippen molar-refractivity contribution in [1.82, 2.24) is 61.0 Å². The van der Waals surface area contributed by atoms with Crippen molar-refractivity contribution in [2.75, 3.05) is 0 Å². The van der Waals surface area contributed by atoms with E-state index < -0.39 is 0 Å². The Labute approximate surface area is 128 Å². The molecule has 0 saturated heterocycles. The molecule has 12 nitrogen and oxygen atoms in total. The summed E-state index contributed by atoms with van der Waals surface area (Å²) in [5.74, 6) is 2.22. The van der Waals surface area contributed by atoms with Crippen LogP contribution in [-0.2, 0) is 14.1 Å². The van der Waals surface area contributed by atoms with Crippen molar-refractivity contribution in [2.45, 2.75) is 34.6 Å². The summed E-state index contributed by atoms with van der Waals surface area (Å²) in [6.07, 6.45) is 0. The van der Waals surface area contributed by atoms with Crippen molar-refractivity contribution in [3.05, 3.63) is 17.5 Å². The van der Waals surface area contributed by atoms with Gasteiger partial charge >= 0.3 is 0 Å². The molecular weight excluding hydrogens is 288 g/mol. The highest BCUT2D eigenvalue weighted by Gasteiger charge is 1.87. The fraction of sp³-hybridized carbons (Fsp3) is 0.700. The summed E-state index contributed by atoms with van der Waals surface area (Å²) in [4.78, 5) is 1.43. The smallest absolute Gasteiger partial charge is 0.171 e. The van der Waals surface area contributed by atoms with Crippen LogP contribution in [0.25, 0.3) is 0 Å². The Morgan fingerprint density at radius 3 is 1.68 bits per heavy atom. The Bertz CT molecular complexity index is 562. The fourth-order valence-electron chi connectivity index (χ4n) is 0.865. The average Bonchev–Trinajstić information content (AvgIpc) is 3.21. The summed E-state index contributed by atoms with van der Waals surface area (Å²) in [5, 5.41) is 34.3. The molecule has 0 amide bonds. The van der Waals surface area contributed by atoms with Gasteiger partial charge in [-0.15, -0.1) is 25.5 Å². The molecule has 22 heavy (non-hydrogen) atoms. The highest BCUT2D eigenvalue weighted by atomic mass is 15.6. The lowest BCUT2D eigenvalue weighted by molar-refractivity contribution is 0.629. The molecule has 3 aromatic heterocycles. The maximum absolute atomic E-state index is 3.81. The predicted octanol–water partition coefficient (Wildman–Crippen LogP) is -0.429. The van der Waals surface area contributed by atoms with Crippen molar-refractivity contribution in [2.24, 2.45) is 14.1 Å². The van der Waals surface area contributed by atoms with E-state index in [0.29, 0.717) is 11.6 Å². The van der Waals surface area contributed by atoms with Crippen LogP contribution in [0.2, 0.25) is 0 Å². The standard InChI is InChI=1S/2C3H6N4.C2H4N4.C2H6/c1-3-4-5-6-7(3)2;1-3-4-6-7(2)5-3;1-2-3-5-6-4-2;1-2/h2*1-2H3;1H3,(H,3,4,5,6);1-2H3. The molecular formula is C10H22N12. The number of aromatic amines is 1. The van der Waals surface area contributed by atoms with E-state index in [9.17, 15) is 0 Å². The Morgan fingerprint density at radius 2 is 1.55 bits per heavy atom. The van der Waals surface area contributed by atoms with Gasteiger partial charge in [-0.2, -0.15) is 10.0 Å². The number of rotatable bonds is 0. The van der Waals surface area contributed by atoms with Crippen LogP contribution in [-0.4, -0.2) is 61.0 Å². The molecule has 3 heterocycles. The van der Waals surface area contributed by atoms with Crippen molar-refractivity contribution >= 4 is 0 Å². The van der Waals surface area contributed by atoms with Crippen LogP contribution in [0.3, 0.4) is 0 Å². The third-order valence-electron chi connectivity index (χ3n) is 1.89. The van der Waals surface area contributed by atoms with Gasteiger partial charge in [-0.05, 0) is 36.4 Å². The number of hydrogen-bond acceptors (Lipinski definition) is 9. The van der Waals surface area contributed by atoms with Gasteiger partial charge in [0.05, 0.1) is 7.05 Å². The van der Waals surface area contributed by atoms with Crippen LogP contribution in [0.4, 0.5) is 0 Å². The van der Waals surface area contributed by atoms with Gasteiger partial charge in [-0.1, -0.05) is 19.1 Å². The summed E-state index contributed by atoms with van der Waals surface area (Å²) >= 11 is 0. The second-order valence-corrected chi connectivity index (χ2v) is 3.63. The molecule has 122 valence electrons. The van der Waals surface area contributed by atoms with E-state index in [1.165, 1.54) is 4.80 Å². The minimum Gasteiger partial charge on any atom is -0.233 e. The molecule has 0 atom stereocenters. The van der Waals surface area contributed by atoms with E-state index in [4.69, 9.17) is 0 Å². The summed E-state index contributed by atoms with van der Waals surface area (Å²) in [6.45, 7) is 9.41. The molecule has 12 heteroatoms. The normalized spacial score (nSPS) is 8.68. The van der Waals surface area contributed by atoms with Gasteiger partial charge in [0.1, 0.15) is 5.82 Å². The Morgan fingerprint density at radius 1 is 0.864 bits per heavy atom. The van der Waals surface area contributed by atoms with Crippen LogP contribution in [0.15, 0.2) is 0 Å². The molecule has 0 fully saturated rings. The third kappa shape index (κ3) is 8.39. The van der Waals surface area contributed by atoms with Gasteiger partial charge in [-0.25, -0.2) is 4.68 Å². The summed E-state index contributed by atoms with van der Waals surface area (Å²) in [7, 11) is 3.54. The zero-order chi connectivity index (χ0) is 17.0. The van der Waals surface area contributed by atoms with E-state index in [-0.39, 0.29) is 0 Å². The molecule has 0 unspecified atom stereocenters. The van der Waals surface area contributed by atoms with E-state index in [2.05, 4.69) is 51.6 Å². The van der Waals surface area contributed by atoms with Crippen LogP contribution in [0.5, 0.6) is 0 Å². The first-order chi connectivity index (χ1) is 10.5. The van der Waals surface area contributed by atoms with Gasteiger partial charge in [0.15, 0.2) is 11.6 Å². The number of H-pyrrole nitrogens is 1. The molecule has 0 aliphatic heterocycles. The maximum atomic E-state index is 3.81. The molecule has 0 aliphatic carbocycles. The van der Waals surface area contributed by atoms with Gasteiger partial charge in [0, 0.05) is 7.05 Å². The quantitative estimate of drug-likeness (QED) is 0.585. The topological polar surface area (TPSA) is 142 Å². The van der Waals surface area contributed by atoms with Crippen LogP contribution < -0.4 is 0 Å². The second kappa shape index (κ2) is 10.9. The molecule has 0 aliphatic rings. The predicted molar refractivity (Wildman–Crippen MR) is 77.3 cm³/mol. The van der Waals surface area contributed by atoms with Crippen molar-refractivity contribution in [3.8, 4) is 0 Å². The first-order valence-corrected chi connectivity index (χ1v) is 6.58. The minimum atomic E-state index is 0.676. The largest absolute Gasteiger partial charge is 0.233 e. The van der Waals surface area contributed by atoms with Crippen molar-refractivity contribution < 1.29 is 0 Å². The maximum Gasteiger partial charge on any atom is 0.171 e. The van der Waals surface area contributed by atoms with Gasteiger partial charge in [-0.3, -0.25) is 0 Å². The SMILES string of the molecule is CC.Cc1nn[nH]n1.Cc1nnn(C)n1.Cc1nnnn1C. The Kier molecular flexibility index (Phi) is 9.55. The summed E-state index contributed by atoms with van der Waals surface area (Å²) in [5.41, 5.74) is 0. The number of aromatic nitrogens is 12. The lowest BCUT2D eigenvalue weighted by atomic mass is 10.7. The second-order valence-electron chi connectivity index (χ2n) is 3.63. The van der Waals surface area contributed by atoms with E-state index in [1.807, 2.05) is 20.8 Å². The molecule has 0 spiro atoms. The van der Waals surface area contributed by atoms with Crippen LogP contribution in [0.1, 0.15) is 31.3 Å². The number of aryl methyl sites for hydroxylation is 5. The lowest BCUT2D eigenvalue weighted by Crippen LogP contribution is -1.92. The van der Waals surface area contributed by atoms with Crippen molar-refractivity contribution in [1.29, 1.82) is 0 Å². The van der Waals surface area contributed by atoms with Crippen LogP contribution >= 0.6 is 0 Å². The first kappa shape index (κ1) is 19.2. The molecule has 0 saturated carbocycles. The lowest BCUT2D eigenvalue weighted by Gasteiger charge is -1.81. The monoisotopic (exact) mass is 310 g/mol. The summed E-state index contributed by atoms with van der Waals surface area (Å²) < 4.78 is 1.61. The van der Waals surface area contributed by atoms with Gasteiger partial charge in [0.25, 0.3) is 0 Å². The highest BCUT2D eigenvalue weighted by Crippen LogP contribution is 1.78. The van der Waals surface area contributed by atoms with E-state index in [1.54, 1.807) is 32.6 Å². The molecule has 0 bridgehead atoms. The molecule has 1 N–H and O–H groups in total. The highest BCUT2D eigenvalue weighted by molar-refractivity contribution is 4.69. The van der Waals surface area contributed by atoms with Gasteiger partial charge in [0.2, 0.25) is 0 Å². The number of nitrogens with zero attached hydrogens (tertiary/aromatic N) is 11. The minimum absolute atomic E-state index is 0.676. The average molecular weight is 310 g/mol. The number of hydrogen-bond donors (Lipinski definition) is 1. The number of tetrazole rings is 3. The van der Waals surface area contributed by atoms with Gasteiger partial charge < -0.3 is 0 Å². The number of nitrogens with one attached hydrogen (secondary N) is 1. The zero-order valence-corrected chi connectivity index (χ0v) is 13.9. The molecule has 0 radical (unpaired) electrons. The zero-order valence-electron chi connectivity index (χ0n) is 13.9. The Hall–Kier alpha value is -2.79. The first-order valence-electron chi connectivity index (χ1n) is 6.58. The molecule has 3 rings (SSSR count). The molecule has 3 aromatic rings.